The van der Waals surface area contributed by atoms with Gasteiger partial charge in [0.1, 0.15) is 22.5 Å². The molecule has 0 spiro atoms. The number of pyridine rings is 1. The van der Waals surface area contributed by atoms with Gasteiger partial charge in [-0.05, 0) is 57.6 Å². The lowest BCUT2D eigenvalue weighted by atomic mass is 9.93. The first-order valence-electron chi connectivity index (χ1n) is 14.0. The van der Waals surface area contributed by atoms with Crippen LogP contribution in [0.1, 0.15) is 61.9 Å². The fourth-order valence-electron chi connectivity index (χ4n) is 5.28. The van der Waals surface area contributed by atoms with Gasteiger partial charge in [-0.2, -0.15) is 13.2 Å². The molecule has 0 bridgehead atoms. The molecule has 0 aromatic carbocycles. The van der Waals surface area contributed by atoms with E-state index < -0.39 is 42.3 Å². The van der Waals surface area contributed by atoms with Crippen LogP contribution in [0.15, 0.2) is 33.6 Å². The number of nitrogens with two attached hydrogens (primary N) is 2. The van der Waals surface area contributed by atoms with Gasteiger partial charge in [0.05, 0.1) is 11.6 Å². The van der Waals surface area contributed by atoms with Gasteiger partial charge < -0.3 is 35.6 Å². The molecule has 2 aromatic heterocycles. The van der Waals surface area contributed by atoms with E-state index in [1.807, 2.05) is 0 Å². The van der Waals surface area contributed by atoms with E-state index >= 15 is 0 Å². The van der Waals surface area contributed by atoms with Crippen LogP contribution in [0, 0.1) is 5.92 Å². The summed E-state index contributed by atoms with van der Waals surface area (Å²) in [6.07, 6.45) is -1.29. The van der Waals surface area contributed by atoms with Crippen LogP contribution in [-0.2, 0) is 9.47 Å². The van der Waals surface area contributed by atoms with Crippen molar-refractivity contribution in [2.45, 2.75) is 63.8 Å². The summed E-state index contributed by atoms with van der Waals surface area (Å²) in [5.41, 5.74) is 12.1. The van der Waals surface area contributed by atoms with Crippen LogP contribution < -0.4 is 22.1 Å². The minimum Gasteiger partial charge on any atom is -0.444 e. The average molecular weight is 610 g/mol. The molecule has 0 radical (unpaired) electrons. The third kappa shape index (κ3) is 7.76. The van der Waals surface area contributed by atoms with Crippen molar-refractivity contribution in [1.82, 2.24) is 15.2 Å². The zero-order valence-corrected chi connectivity index (χ0v) is 24.6. The van der Waals surface area contributed by atoms with Crippen LogP contribution in [-0.4, -0.2) is 78.9 Å². The monoisotopic (exact) mass is 609 g/mol. The highest BCUT2D eigenvalue weighted by atomic mass is 19.4. The molecule has 2 saturated heterocycles. The summed E-state index contributed by atoms with van der Waals surface area (Å²) in [6.45, 7) is 5.93. The number of fused-ring (bicyclic) bond motifs is 1. The Hall–Kier alpha value is -3.85. The van der Waals surface area contributed by atoms with Crippen LogP contribution in [0.4, 0.5) is 23.8 Å². The number of amidine groups is 1. The molecule has 2 amide bonds. The van der Waals surface area contributed by atoms with Gasteiger partial charge >= 0.3 is 12.3 Å². The number of nitrogens with one attached hydrogen (secondary N) is 2. The summed E-state index contributed by atoms with van der Waals surface area (Å²) in [5, 5.41) is 5.09. The van der Waals surface area contributed by atoms with Crippen LogP contribution in [0.2, 0.25) is 0 Å². The SMILES string of the molecule is CN=C(C(=CN)NC(=O)c1c(NC(=O)OC(C)(C)C)oc2cc(C3CCOCC3)cnc12)N1C[C@@H](N)C[C@@H](C(F)(F)F)C1. The number of amides is 2. The third-order valence-corrected chi connectivity index (χ3v) is 7.20. The van der Waals surface area contributed by atoms with E-state index in [4.69, 9.17) is 25.4 Å². The highest BCUT2D eigenvalue weighted by Crippen LogP contribution is 2.35. The highest BCUT2D eigenvalue weighted by molar-refractivity contribution is 6.13. The van der Waals surface area contributed by atoms with Crippen molar-refractivity contribution < 1.29 is 36.7 Å². The molecule has 12 nitrogen and oxygen atoms in total. The van der Waals surface area contributed by atoms with E-state index in [-0.39, 0.29) is 53.0 Å². The van der Waals surface area contributed by atoms with Crippen molar-refractivity contribution >= 4 is 34.8 Å². The number of rotatable bonds is 5. The first-order valence-corrected chi connectivity index (χ1v) is 14.0. The maximum atomic E-state index is 13.8. The Morgan fingerprint density at radius 1 is 1.21 bits per heavy atom. The number of piperidine rings is 1. The minimum atomic E-state index is -4.46. The van der Waals surface area contributed by atoms with Gasteiger partial charge in [-0.1, -0.05) is 0 Å². The van der Waals surface area contributed by atoms with Gasteiger partial charge in [0.2, 0.25) is 5.88 Å². The van der Waals surface area contributed by atoms with Gasteiger partial charge in [-0.3, -0.25) is 20.1 Å². The fraction of sp³-hybridized carbons (Fsp3) is 0.571. The second-order valence-corrected chi connectivity index (χ2v) is 11.7. The number of hydrogen-bond donors (Lipinski definition) is 4. The van der Waals surface area contributed by atoms with E-state index in [1.54, 1.807) is 33.0 Å². The Bertz CT molecular complexity index is 1390. The van der Waals surface area contributed by atoms with Gasteiger partial charge in [-0.25, -0.2) is 4.79 Å². The number of alkyl halides is 3. The van der Waals surface area contributed by atoms with Crippen molar-refractivity contribution in [1.29, 1.82) is 0 Å². The first kappa shape index (κ1) is 32.1. The molecular weight excluding hydrogens is 571 g/mol. The highest BCUT2D eigenvalue weighted by Gasteiger charge is 2.44. The zero-order valence-electron chi connectivity index (χ0n) is 24.6. The molecule has 0 saturated carbocycles. The number of carbonyl (C=O) groups is 2. The van der Waals surface area contributed by atoms with Gasteiger partial charge in [0, 0.05) is 51.8 Å². The average Bonchev–Trinajstić information content (AvgIpc) is 3.28. The van der Waals surface area contributed by atoms with Crippen LogP contribution in [0.3, 0.4) is 0 Å². The Kier molecular flexibility index (Phi) is 9.54. The summed E-state index contributed by atoms with van der Waals surface area (Å²) < 4.78 is 57.5. The Morgan fingerprint density at radius 3 is 2.51 bits per heavy atom. The van der Waals surface area contributed by atoms with Gasteiger partial charge in [-0.15, -0.1) is 0 Å². The maximum Gasteiger partial charge on any atom is 0.414 e. The summed E-state index contributed by atoms with van der Waals surface area (Å²) >= 11 is 0. The predicted octanol–water partition coefficient (Wildman–Crippen LogP) is 3.84. The first-order chi connectivity index (χ1) is 20.2. The molecule has 4 heterocycles. The Morgan fingerprint density at radius 2 is 1.91 bits per heavy atom. The van der Waals surface area contributed by atoms with Crippen LogP contribution in [0.5, 0.6) is 0 Å². The summed E-state index contributed by atoms with van der Waals surface area (Å²) in [4.78, 5) is 36.4. The number of carbonyl (C=O) groups excluding carboxylic acids is 2. The lowest BCUT2D eigenvalue weighted by molar-refractivity contribution is -0.184. The number of ether oxygens (including phenoxy) is 2. The molecular formula is C28H38F3N7O5. The number of likely N-dealkylation sites (tertiary alicyclic amines) is 1. The van der Waals surface area contributed by atoms with Crippen molar-refractivity contribution in [3.63, 3.8) is 0 Å². The second kappa shape index (κ2) is 12.8. The lowest BCUT2D eigenvalue weighted by Gasteiger charge is -2.39. The van der Waals surface area contributed by atoms with Crippen LogP contribution >= 0.6 is 0 Å². The molecule has 43 heavy (non-hydrogen) atoms. The van der Waals surface area contributed by atoms with E-state index in [0.717, 1.165) is 24.6 Å². The standard InChI is InChI=1S/C28H38F3N7O5/c1-27(2,3)43-26(40)37-25-21(22-20(42-25)9-16(12-35-22)15-5-7-41-8-6-15)24(39)36-19(11-32)23(34-4)38-13-17(28(29,30)31)10-18(33)14-38/h9,11-12,15,17-18H,5-8,10,13-14,32-33H2,1-4H3,(H,36,39)(H,37,40)/t17-,18+/m1/s1. The molecule has 2 fully saturated rings. The molecule has 2 aliphatic heterocycles. The normalized spacial score (nSPS) is 21.2. The van der Waals surface area contributed by atoms with E-state index in [2.05, 4.69) is 20.6 Å². The summed E-state index contributed by atoms with van der Waals surface area (Å²) in [7, 11) is 1.37. The Labute approximate surface area is 247 Å². The van der Waals surface area contributed by atoms with E-state index in [1.165, 1.54) is 11.9 Å². The molecule has 2 atom stereocenters. The predicted molar refractivity (Wildman–Crippen MR) is 153 cm³/mol. The summed E-state index contributed by atoms with van der Waals surface area (Å²) in [6, 6.07) is 0.990. The number of anilines is 1. The van der Waals surface area contributed by atoms with E-state index in [9.17, 15) is 22.8 Å². The van der Waals surface area contributed by atoms with Crippen molar-refractivity contribution in [2.75, 3.05) is 38.7 Å². The molecule has 6 N–H and O–H groups in total. The zero-order chi connectivity index (χ0) is 31.5. The van der Waals surface area contributed by atoms with Gasteiger partial charge in [0.15, 0.2) is 5.58 Å². The number of furan rings is 1. The third-order valence-electron chi connectivity index (χ3n) is 7.20. The van der Waals surface area contributed by atoms with Crippen LogP contribution in [0.25, 0.3) is 11.1 Å². The quantitative estimate of drug-likeness (QED) is 0.291. The van der Waals surface area contributed by atoms with E-state index in [0.29, 0.717) is 13.2 Å². The molecule has 2 aliphatic rings. The van der Waals surface area contributed by atoms with Crippen molar-refractivity contribution in [3.05, 3.63) is 35.3 Å². The number of halogens is 3. The Balaban J connectivity index is 1.66. The molecule has 0 aliphatic carbocycles. The maximum absolute atomic E-state index is 13.8. The topological polar surface area (TPSA) is 170 Å². The number of aromatic nitrogens is 1. The number of nitrogens with zero attached hydrogens (tertiary/aromatic N) is 3. The number of hydrogen-bond acceptors (Lipinski definition) is 9. The largest absolute Gasteiger partial charge is 0.444 e. The van der Waals surface area contributed by atoms with Gasteiger partial charge in [0.25, 0.3) is 5.91 Å². The molecule has 2 aromatic rings. The molecule has 0 unspecified atom stereocenters. The lowest BCUT2D eigenvalue weighted by Crippen LogP contribution is -2.54. The number of aliphatic imine (C=N–C) groups is 1. The molecule has 4 rings (SSSR count). The molecule has 236 valence electrons. The molecule has 15 heteroatoms. The fourth-order valence-corrected chi connectivity index (χ4v) is 5.28. The second-order valence-electron chi connectivity index (χ2n) is 11.7. The summed E-state index contributed by atoms with van der Waals surface area (Å²) in [5.74, 6) is -2.49. The smallest absolute Gasteiger partial charge is 0.414 e. The van der Waals surface area contributed by atoms with Crippen molar-refractivity contribution in [2.24, 2.45) is 22.4 Å². The van der Waals surface area contributed by atoms with Crippen molar-refractivity contribution in [3.8, 4) is 0 Å². The minimum absolute atomic E-state index is 0.0180.